The molecule has 3 aromatic rings. The van der Waals surface area contributed by atoms with Crippen molar-refractivity contribution in [3.63, 3.8) is 0 Å². The number of imidazole rings is 1. The Balaban J connectivity index is 1.83. The van der Waals surface area contributed by atoms with Gasteiger partial charge in [0.25, 0.3) is 0 Å². The first-order valence-corrected chi connectivity index (χ1v) is 8.42. The zero-order chi connectivity index (χ0) is 15.6. The number of hydrogen-bond acceptors (Lipinski definition) is 3. The molecule has 4 nitrogen and oxygen atoms in total. The number of para-hydroxylation sites is 1. The van der Waals surface area contributed by atoms with Gasteiger partial charge in [-0.05, 0) is 62.5 Å². The van der Waals surface area contributed by atoms with Gasteiger partial charge in [0.05, 0.1) is 5.69 Å². The molecule has 2 aromatic heterocycles. The Morgan fingerprint density at radius 2 is 1.96 bits per heavy atom. The lowest BCUT2D eigenvalue weighted by atomic mass is 9.94. The van der Waals surface area contributed by atoms with Gasteiger partial charge in [-0.3, -0.25) is 4.57 Å². The number of nitrogens with zero attached hydrogens (tertiary/aromatic N) is 3. The summed E-state index contributed by atoms with van der Waals surface area (Å²) >= 11 is 0. The maximum atomic E-state index is 4.90. The van der Waals surface area contributed by atoms with Crippen LogP contribution in [0.3, 0.4) is 0 Å². The summed E-state index contributed by atoms with van der Waals surface area (Å²) in [5.41, 5.74) is 4.40. The zero-order valence-corrected chi connectivity index (χ0v) is 13.5. The molecular weight excluding hydrogens is 284 g/mol. The molecule has 118 valence electrons. The standard InChI is InChI=1S/C19H22N4/c1-14-5-2-3-7-17(14)23-18(13-15-8-11-20-12-9-15)22-16-6-4-10-21-19(16)23/h2-7,10,15,20H,8-9,11-13H2,1H3. The van der Waals surface area contributed by atoms with Gasteiger partial charge >= 0.3 is 0 Å². The summed E-state index contributed by atoms with van der Waals surface area (Å²) < 4.78 is 2.26. The molecule has 0 atom stereocenters. The summed E-state index contributed by atoms with van der Waals surface area (Å²) in [5, 5.41) is 3.44. The monoisotopic (exact) mass is 306 g/mol. The van der Waals surface area contributed by atoms with E-state index in [2.05, 4.69) is 52.1 Å². The predicted molar refractivity (Wildman–Crippen MR) is 92.9 cm³/mol. The molecule has 0 saturated carbocycles. The van der Waals surface area contributed by atoms with E-state index < -0.39 is 0 Å². The molecule has 0 aliphatic carbocycles. The second-order valence-corrected chi connectivity index (χ2v) is 6.39. The highest BCUT2D eigenvalue weighted by molar-refractivity contribution is 5.74. The van der Waals surface area contributed by atoms with E-state index in [0.29, 0.717) is 5.92 Å². The number of rotatable bonds is 3. The van der Waals surface area contributed by atoms with Gasteiger partial charge < -0.3 is 5.32 Å². The van der Waals surface area contributed by atoms with E-state index in [1.165, 1.54) is 24.1 Å². The maximum Gasteiger partial charge on any atom is 0.164 e. The van der Waals surface area contributed by atoms with Gasteiger partial charge in [0.15, 0.2) is 5.65 Å². The number of hydrogen-bond donors (Lipinski definition) is 1. The molecule has 1 saturated heterocycles. The molecule has 0 bridgehead atoms. The molecule has 1 aliphatic rings. The Labute approximate surface area is 136 Å². The van der Waals surface area contributed by atoms with Crippen molar-refractivity contribution in [2.45, 2.75) is 26.2 Å². The largest absolute Gasteiger partial charge is 0.317 e. The lowest BCUT2D eigenvalue weighted by Gasteiger charge is -2.22. The van der Waals surface area contributed by atoms with Crippen molar-refractivity contribution in [1.82, 2.24) is 19.9 Å². The normalized spacial score (nSPS) is 16.0. The van der Waals surface area contributed by atoms with Gasteiger partial charge in [0, 0.05) is 12.6 Å². The van der Waals surface area contributed by atoms with Crippen LogP contribution in [0.15, 0.2) is 42.6 Å². The highest BCUT2D eigenvalue weighted by Crippen LogP contribution is 2.26. The Bertz CT molecular complexity index is 815. The van der Waals surface area contributed by atoms with Gasteiger partial charge in [-0.2, -0.15) is 0 Å². The first-order chi connectivity index (χ1) is 11.3. The minimum atomic E-state index is 0.704. The number of aromatic nitrogens is 3. The molecule has 4 heteroatoms. The fraction of sp³-hybridized carbons (Fsp3) is 0.368. The van der Waals surface area contributed by atoms with Crippen molar-refractivity contribution < 1.29 is 0 Å². The van der Waals surface area contributed by atoms with Gasteiger partial charge in [-0.1, -0.05) is 18.2 Å². The third-order valence-corrected chi connectivity index (χ3v) is 4.77. The molecule has 1 aliphatic heterocycles. The van der Waals surface area contributed by atoms with Crippen LogP contribution in [0.4, 0.5) is 0 Å². The molecule has 0 radical (unpaired) electrons. The van der Waals surface area contributed by atoms with Crippen LogP contribution in [0.1, 0.15) is 24.2 Å². The number of piperidine rings is 1. The minimum Gasteiger partial charge on any atom is -0.317 e. The molecule has 1 fully saturated rings. The second kappa shape index (κ2) is 6.13. The molecule has 3 heterocycles. The average Bonchev–Trinajstić information content (AvgIpc) is 2.94. The van der Waals surface area contributed by atoms with E-state index in [0.717, 1.165) is 36.5 Å². The van der Waals surface area contributed by atoms with Crippen molar-refractivity contribution in [3.8, 4) is 5.69 Å². The topological polar surface area (TPSA) is 42.7 Å². The number of benzene rings is 1. The van der Waals surface area contributed by atoms with Crippen LogP contribution in [0.25, 0.3) is 16.9 Å². The summed E-state index contributed by atoms with van der Waals surface area (Å²) in [5.74, 6) is 1.84. The van der Waals surface area contributed by atoms with Crippen LogP contribution in [-0.4, -0.2) is 27.6 Å². The van der Waals surface area contributed by atoms with Crippen LogP contribution in [0.5, 0.6) is 0 Å². The first-order valence-electron chi connectivity index (χ1n) is 8.42. The average molecular weight is 306 g/mol. The highest BCUT2D eigenvalue weighted by Gasteiger charge is 2.20. The molecule has 1 aromatic carbocycles. The van der Waals surface area contributed by atoms with Crippen LogP contribution in [0, 0.1) is 12.8 Å². The van der Waals surface area contributed by atoms with Gasteiger partial charge in [-0.25, -0.2) is 9.97 Å². The maximum absolute atomic E-state index is 4.90. The van der Waals surface area contributed by atoms with E-state index in [9.17, 15) is 0 Å². The Hall–Kier alpha value is -2.20. The Morgan fingerprint density at radius 3 is 2.78 bits per heavy atom. The Morgan fingerprint density at radius 1 is 1.13 bits per heavy atom. The third kappa shape index (κ3) is 2.75. The Kier molecular flexibility index (Phi) is 3.83. The number of pyridine rings is 1. The van der Waals surface area contributed by atoms with Crippen LogP contribution < -0.4 is 5.32 Å². The smallest absolute Gasteiger partial charge is 0.164 e. The molecule has 4 rings (SSSR count). The minimum absolute atomic E-state index is 0.704. The summed E-state index contributed by atoms with van der Waals surface area (Å²) in [6, 6.07) is 12.5. The van der Waals surface area contributed by atoms with E-state index in [4.69, 9.17) is 4.98 Å². The van der Waals surface area contributed by atoms with Crippen LogP contribution in [0.2, 0.25) is 0 Å². The highest BCUT2D eigenvalue weighted by atomic mass is 15.1. The SMILES string of the molecule is Cc1ccccc1-n1c(CC2CCNCC2)nc2cccnc21. The second-order valence-electron chi connectivity index (χ2n) is 6.39. The summed E-state index contributed by atoms with van der Waals surface area (Å²) in [4.78, 5) is 9.50. The lowest BCUT2D eigenvalue weighted by molar-refractivity contribution is 0.366. The van der Waals surface area contributed by atoms with Crippen molar-refractivity contribution in [2.24, 2.45) is 5.92 Å². The number of aryl methyl sites for hydroxylation is 1. The van der Waals surface area contributed by atoms with Crippen LogP contribution >= 0.6 is 0 Å². The quantitative estimate of drug-likeness (QED) is 0.807. The van der Waals surface area contributed by atoms with Crippen molar-refractivity contribution in [2.75, 3.05) is 13.1 Å². The van der Waals surface area contributed by atoms with E-state index in [1.807, 2.05) is 12.3 Å². The molecule has 23 heavy (non-hydrogen) atoms. The molecule has 0 unspecified atom stereocenters. The summed E-state index contributed by atoms with van der Waals surface area (Å²) in [7, 11) is 0. The molecule has 0 amide bonds. The lowest BCUT2D eigenvalue weighted by Crippen LogP contribution is -2.29. The van der Waals surface area contributed by atoms with Crippen molar-refractivity contribution in [1.29, 1.82) is 0 Å². The van der Waals surface area contributed by atoms with E-state index in [1.54, 1.807) is 0 Å². The van der Waals surface area contributed by atoms with Crippen molar-refractivity contribution in [3.05, 3.63) is 54.0 Å². The fourth-order valence-electron chi connectivity index (χ4n) is 3.51. The summed E-state index contributed by atoms with van der Waals surface area (Å²) in [6.07, 6.45) is 5.33. The fourth-order valence-corrected chi connectivity index (χ4v) is 3.51. The third-order valence-electron chi connectivity index (χ3n) is 4.77. The van der Waals surface area contributed by atoms with Crippen molar-refractivity contribution >= 4 is 11.2 Å². The first kappa shape index (κ1) is 14.4. The van der Waals surface area contributed by atoms with Gasteiger partial charge in [0.1, 0.15) is 11.3 Å². The van der Waals surface area contributed by atoms with E-state index in [-0.39, 0.29) is 0 Å². The van der Waals surface area contributed by atoms with Gasteiger partial charge in [0.2, 0.25) is 0 Å². The molecule has 1 N–H and O–H groups in total. The van der Waals surface area contributed by atoms with E-state index >= 15 is 0 Å². The molecule has 0 spiro atoms. The number of nitrogens with one attached hydrogen (secondary N) is 1. The van der Waals surface area contributed by atoms with Crippen LogP contribution in [-0.2, 0) is 6.42 Å². The van der Waals surface area contributed by atoms with Gasteiger partial charge in [-0.15, -0.1) is 0 Å². The molecular formula is C19H22N4. The zero-order valence-electron chi connectivity index (χ0n) is 13.5. The summed E-state index contributed by atoms with van der Waals surface area (Å²) in [6.45, 7) is 4.39. The predicted octanol–water partition coefficient (Wildman–Crippen LogP) is 3.27. The number of fused-ring (bicyclic) bond motifs is 1.